The molecule has 0 saturated carbocycles. The summed E-state index contributed by atoms with van der Waals surface area (Å²) in [7, 11) is 0. The third kappa shape index (κ3) is 4.31. The van der Waals surface area contributed by atoms with E-state index in [-0.39, 0.29) is 11.5 Å². The second-order valence-corrected chi connectivity index (χ2v) is 12.9. The van der Waals surface area contributed by atoms with Crippen molar-refractivity contribution < 1.29 is 4.42 Å². The summed E-state index contributed by atoms with van der Waals surface area (Å²) in [4.78, 5) is 4.67. The van der Waals surface area contributed by atoms with Crippen molar-refractivity contribution in [3.8, 4) is 33.7 Å². The number of nitrogens with one attached hydrogen (secondary N) is 1. The Morgan fingerprint density at radius 2 is 1.33 bits per heavy atom. The highest BCUT2D eigenvalue weighted by Gasteiger charge is 2.36. The van der Waals surface area contributed by atoms with Gasteiger partial charge in [-0.25, -0.2) is 4.98 Å². The highest BCUT2D eigenvalue weighted by atomic mass is 16.3. The molecule has 7 aromatic rings. The molecule has 1 aliphatic carbocycles. The van der Waals surface area contributed by atoms with E-state index in [1.807, 2.05) is 24.3 Å². The van der Waals surface area contributed by atoms with Crippen molar-refractivity contribution in [1.29, 1.82) is 0 Å². The normalized spacial score (nSPS) is 16.2. The van der Waals surface area contributed by atoms with Crippen LogP contribution < -0.4 is 5.32 Å². The molecule has 0 radical (unpaired) electrons. The van der Waals surface area contributed by atoms with Gasteiger partial charge in [-0.2, -0.15) is 0 Å². The van der Waals surface area contributed by atoms with Gasteiger partial charge in [0, 0.05) is 16.7 Å². The molecule has 1 atom stereocenters. The van der Waals surface area contributed by atoms with Crippen LogP contribution in [-0.4, -0.2) is 4.98 Å². The Kier molecular flexibility index (Phi) is 5.91. The van der Waals surface area contributed by atoms with Gasteiger partial charge in [0.15, 0.2) is 5.58 Å². The van der Waals surface area contributed by atoms with Crippen LogP contribution in [0.5, 0.6) is 0 Å². The van der Waals surface area contributed by atoms with Crippen LogP contribution in [0, 0.1) is 0 Å². The molecule has 46 heavy (non-hydrogen) atoms. The monoisotopic (exact) mass is 592 g/mol. The Bertz CT molecular complexity index is 2340. The van der Waals surface area contributed by atoms with E-state index in [0.29, 0.717) is 5.89 Å². The molecule has 3 nitrogen and oxygen atoms in total. The van der Waals surface area contributed by atoms with Gasteiger partial charge in [-0.05, 0) is 97.8 Å². The summed E-state index contributed by atoms with van der Waals surface area (Å²) in [5, 5.41) is 6.32. The molecule has 1 N–H and O–H groups in total. The van der Waals surface area contributed by atoms with Crippen LogP contribution in [-0.2, 0) is 5.41 Å². The first-order valence-corrected chi connectivity index (χ1v) is 15.9. The lowest BCUT2D eigenvalue weighted by atomic mass is 9.80. The van der Waals surface area contributed by atoms with Gasteiger partial charge in [-0.3, -0.25) is 0 Å². The van der Waals surface area contributed by atoms with Crippen LogP contribution in [0.4, 0.5) is 0 Å². The maximum absolute atomic E-state index is 6.00. The fourth-order valence-corrected chi connectivity index (χ4v) is 7.19. The van der Waals surface area contributed by atoms with Gasteiger partial charge in [-0.15, -0.1) is 0 Å². The standard InChI is InChI=1S/C43H32N2O/c1-43(2)36-25-31(28-14-17-29(18-15-28)42-45-40-10-5-6-13-41(40)46-42)20-22-34(36)35-23-21-33(26-37(35)43)39-12-7-11-38(44-39)32-19-16-27-8-3-4-9-30(27)24-32/h3-26,39,44H,1-2H3. The van der Waals surface area contributed by atoms with Gasteiger partial charge in [0.2, 0.25) is 5.89 Å². The van der Waals surface area contributed by atoms with Gasteiger partial charge in [0.05, 0.1) is 6.04 Å². The second kappa shape index (κ2) is 10.2. The summed E-state index contributed by atoms with van der Waals surface area (Å²) < 4.78 is 6.00. The zero-order chi connectivity index (χ0) is 30.8. The molecule has 0 bridgehead atoms. The van der Waals surface area contributed by atoms with E-state index < -0.39 is 0 Å². The van der Waals surface area contributed by atoms with Crippen molar-refractivity contribution >= 4 is 27.6 Å². The number of hydrogen-bond acceptors (Lipinski definition) is 3. The Morgan fingerprint density at radius 1 is 0.630 bits per heavy atom. The molecule has 2 heterocycles. The first-order valence-electron chi connectivity index (χ1n) is 15.9. The Morgan fingerprint density at radius 3 is 2.17 bits per heavy atom. The predicted molar refractivity (Wildman–Crippen MR) is 189 cm³/mol. The average molecular weight is 593 g/mol. The average Bonchev–Trinajstić information content (AvgIpc) is 3.64. The third-order valence-electron chi connectivity index (χ3n) is 9.76. The molecule has 220 valence electrons. The van der Waals surface area contributed by atoms with E-state index in [0.717, 1.165) is 22.4 Å². The summed E-state index contributed by atoms with van der Waals surface area (Å²) in [5.41, 5.74) is 13.9. The van der Waals surface area contributed by atoms with Gasteiger partial charge in [0.25, 0.3) is 0 Å². The van der Waals surface area contributed by atoms with E-state index in [2.05, 4.69) is 146 Å². The highest BCUT2D eigenvalue weighted by Crippen LogP contribution is 2.50. The maximum atomic E-state index is 6.00. The van der Waals surface area contributed by atoms with Crippen LogP contribution in [0.25, 0.3) is 61.3 Å². The number of nitrogens with zero attached hydrogens (tertiary/aromatic N) is 1. The van der Waals surface area contributed by atoms with Crippen LogP contribution in [0.15, 0.2) is 150 Å². The molecule has 1 unspecified atom stereocenters. The molecule has 0 spiro atoms. The van der Waals surface area contributed by atoms with Crippen LogP contribution in [0.1, 0.15) is 42.1 Å². The number of dihydropyridines is 1. The third-order valence-corrected chi connectivity index (χ3v) is 9.76. The zero-order valence-corrected chi connectivity index (χ0v) is 25.8. The molecule has 2 aliphatic rings. The van der Waals surface area contributed by atoms with E-state index in [9.17, 15) is 0 Å². The highest BCUT2D eigenvalue weighted by molar-refractivity contribution is 5.87. The number of aromatic nitrogens is 1. The van der Waals surface area contributed by atoms with Crippen molar-refractivity contribution in [3.05, 3.63) is 168 Å². The Hall–Kier alpha value is -5.67. The molecular weight excluding hydrogens is 560 g/mol. The number of rotatable bonds is 4. The lowest BCUT2D eigenvalue weighted by Crippen LogP contribution is -2.21. The molecule has 0 saturated heterocycles. The number of para-hydroxylation sites is 2. The molecule has 0 fully saturated rings. The topological polar surface area (TPSA) is 38.1 Å². The van der Waals surface area contributed by atoms with Crippen molar-refractivity contribution in [3.63, 3.8) is 0 Å². The van der Waals surface area contributed by atoms with Crippen molar-refractivity contribution in [2.24, 2.45) is 0 Å². The first-order chi connectivity index (χ1) is 22.5. The molecule has 1 aromatic heterocycles. The fraction of sp³-hybridized carbons (Fsp3) is 0.0930. The van der Waals surface area contributed by atoms with Gasteiger partial charge in [0.1, 0.15) is 5.52 Å². The summed E-state index contributed by atoms with van der Waals surface area (Å²) >= 11 is 0. The quantitative estimate of drug-likeness (QED) is 0.221. The number of allylic oxidation sites excluding steroid dienone is 2. The minimum Gasteiger partial charge on any atom is -0.436 e. The lowest BCUT2D eigenvalue weighted by molar-refractivity contribution is 0.620. The summed E-state index contributed by atoms with van der Waals surface area (Å²) in [6.07, 6.45) is 6.61. The maximum Gasteiger partial charge on any atom is 0.227 e. The lowest BCUT2D eigenvalue weighted by Gasteiger charge is -2.26. The van der Waals surface area contributed by atoms with Gasteiger partial charge < -0.3 is 9.73 Å². The van der Waals surface area contributed by atoms with Crippen molar-refractivity contribution in [1.82, 2.24) is 10.3 Å². The molecular formula is C43H32N2O. The molecule has 6 aromatic carbocycles. The number of benzene rings is 6. The largest absolute Gasteiger partial charge is 0.436 e. The smallest absolute Gasteiger partial charge is 0.227 e. The van der Waals surface area contributed by atoms with E-state index in [1.54, 1.807) is 0 Å². The first kappa shape index (κ1) is 26.7. The van der Waals surface area contributed by atoms with Crippen molar-refractivity contribution in [2.45, 2.75) is 25.3 Å². The zero-order valence-electron chi connectivity index (χ0n) is 25.8. The number of hydrogen-bond donors (Lipinski definition) is 1. The van der Waals surface area contributed by atoms with Crippen molar-refractivity contribution in [2.75, 3.05) is 0 Å². The van der Waals surface area contributed by atoms with E-state index in [4.69, 9.17) is 4.42 Å². The summed E-state index contributed by atoms with van der Waals surface area (Å²) in [6, 6.07) is 45.7. The van der Waals surface area contributed by atoms with Gasteiger partial charge in [-0.1, -0.05) is 117 Å². The van der Waals surface area contributed by atoms with E-state index >= 15 is 0 Å². The predicted octanol–water partition coefficient (Wildman–Crippen LogP) is 10.9. The second-order valence-electron chi connectivity index (χ2n) is 12.9. The summed E-state index contributed by atoms with van der Waals surface area (Å²) in [6.45, 7) is 4.71. The van der Waals surface area contributed by atoms with E-state index in [1.165, 1.54) is 55.3 Å². The van der Waals surface area contributed by atoms with Crippen LogP contribution >= 0.6 is 0 Å². The molecule has 0 amide bonds. The van der Waals surface area contributed by atoms with Gasteiger partial charge >= 0.3 is 0 Å². The minimum absolute atomic E-state index is 0.103. The van der Waals surface area contributed by atoms with Crippen LogP contribution in [0.3, 0.4) is 0 Å². The Labute approximate surface area is 268 Å². The molecule has 3 heteroatoms. The Balaban J connectivity index is 0.992. The fourth-order valence-electron chi connectivity index (χ4n) is 7.19. The SMILES string of the molecule is CC1(C)c2cc(-c3ccc(-c4nc5ccccc5o4)cc3)ccc2-c2ccc(C3C=CC=C(c4ccc5ccccc5c4)N3)cc21. The number of fused-ring (bicyclic) bond motifs is 5. The minimum atomic E-state index is -0.121. The molecule has 9 rings (SSSR count). The summed E-state index contributed by atoms with van der Waals surface area (Å²) in [5.74, 6) is 0.649. The number of oxazole rings is 1. The molecule has 1 aliphatic heterocycles. The van der Waals surface area contributed by atoms with Crippen LogP contribution in [0.2, 0.25) is 0 Å².